The zero-order chi connectivity index (χ0) is 21.8. The molecule has 1 aliphatic rings. The molecule has 2 aromatic carbocycles. The van der Waals surface area contributed by atoms with Crippen molar-refractivity contribution in [2.45, 2.75) is 18.3 Å². The molecule has 0 radical (unpaired) electrons. The number of carbonyl (C=O) groups is 1. The van der Waals surface area contributed by atoms with Crippen LogP contribution in [0.3, 0.4) is 0 Å². The van der Waals surface area contributed by atoms with Gasteiger partial charge in [0.15, 0.2) is 0 Å². The van der Waals surface area contributed by atoms with Gasteiger partial charge in [-0.3, -0.25) is 9.10 Å². The van der Waals surface area contributed by atoms with Crippen LogP contribution in [0, 0.1) is 11.6 Å². The zero-order valence-electron chi connectivity index (χ0n) is 16.6. The van der Waals surface area contributed by atoms with Crippen molar-refractivity contribution >= 4 is 21.6 Å². The first-order chi connectivity index (χ1) is 14.2. The van der Waals surface area contributed by atoms with Gasteiger partial charge in [0.25, 0.3) is 0 Å². The van der Waals surface area contributed by atoms with Crippen LogP contribution in [0.2, 0.25) is 0 Å². The van der Waals surface area contributed by atoms with Gasteiger partial charge < -0.3 is 10.1 Å². The number of halogens is 2. The lowest BCUT2D eigenvalue weighted by atomic mass is 9.74. The Balaban J connectivity index is 1.76. The maximum absolute atomic E-state index is 14.1. The van der Waals surface area contributed by atoms with Crippen LogP contribution >= 0.6 is 0 Å². The fraction of sp³-hybridized carbons (Fsp3) is 0.381. The molecule has 1 saturated heterocycles. The number of nitrogens with zero attached hydrogens (tertiary/aromatic N) is 1. The molecule has 1 fully saturated rings. The first kappa shape index (κ1) is 22.2. The standard InChI is InChI=1S/C21H24F2N2O4S/c1-30(27,28)25(19-8-7-17(22)13-18(19)23)14-20(26)24-15-21(9-11-29-12-10-21)16-5-3-2-4-6-16/h2-8,13H,9-12,14-15H2,1H3,(H,24,26). The van der Waals surface area contributed by atoms with Crippen LogP contribution in [0.1, 0.15) is 18.4 Å². The van der Waals surface area contributed by atoms with E-state index < -0.39 is 34.1 Å². The molecule has 0 aliphatic carbocycles. The highest BCUT2D eigenvalue weighted by Crippen LogP contribution is 2.34. The van der Waals surface area contributed by atoms with Gasteiger partial charge in [-0.15, -0.1) is 0 Å². The normalized spacial score (nSPS) is 16.1. The molecule has 2 aromatic rings. The Morgan fingerprint density at radius 1 is 1.13 bits per heavy atom. The number of benzene rings is 2. The molecule has 30 heavy (non-hydrogen) atoms. The summed E-state index contributed by atoms with van der Waals surface area (Å²) < 4.78 is 57.8. The second kappa shape index (κ2) is 9.09. The van der Waals surface area contributed by atoms with Gasteiger partial charge >= 0.3 is 0 Å². The molecular weight excluding hydrogens is 414 g/mol. The Hall–Kier alpha value is -2.52. The predicted octanol–water partition coefficient (Wildman–Crippen LogP) is 2.60. The van der Waals surface area contributed by atoms with Gasteiger partial charge in [0.1, 0.15) is 18.2 Å². The minimum Gasteiger partial charge on any atom is -0.381 e. The third-order valence-corrected chi connectivity index (χ3v) is 6.45. The van der Waals surface area contributed by atoms with Crippen molar-refractivity contribution in [3.05, 3.63) is 65.7 Å². The Morgan fingerprint density at radius 3 is 2.40 bits per heavy atom. The van der Waals surface area contributed by atoms with Crippen molar-refractivity contribution in [1.82, 2.24) is 5.32 Å². The van der Waals surface area contributed by atoms with E-state index in [1.54, 1.807) is 0 Å². The Bertz CT molecular complexity index is 993. The molecule has 1 heterocycles. The third kappa shape index (κ3) is 5.14. The highest BCUT2D eigenvalue weighted by Gasteiger charge is 2.35. The highest BCUT2D eigenvalue weighted by molar-refractivity contribution is 7.92. The number of hydrogen-bond donors (Lipinski definition) is 1. The fourth-order valence-electron chi connectivity index (χ4n) is 3.64. The van der Waals surface area contributed by atoms with E-state index in [9.17, 15) is 22.0 Å². The lowest BCUT2D eigenvalue weighted by Crippen LogP contribution is -2.48. The van der Waals surface area contributed by atoms with Crippen LogP contribution < -0.4 is 9.62 Å². The molecule has 9 heteroatoms. The lowest BCUT2D eigenvalue weighted by Gasteiger charge is -2.38. The van der Waals surface area contributed by atoms with E-state index in [1.807, 2.05) is 30.3 Å². The van der Waals surface area contributed by atoms with Crippen LogP contribution in [-0.2, 0) is 25.0 Å². The zero-order valence-corrected chi connectivity index (χ0v) is 17.4. The summed E-state index contributed by atoms with van der Waals surface area (Å²) in [5, 5.41) is 2.80. The number of carbonyl (C=O) groups excluding carboxylic acids is 1. The van der Waals surface area contributed by atoms with Crippen LogP contribution in [-0.4, -0.2) is 46.9 Å². The Labute approximate surface area is 174 Å². The average molecular weight is 438 g/mol. The van der Waals surface area contributed by atoms with E-state index in [0.29, 0.717) is 43.0 Å². The van der Waals surface area contributed by atoms with E-state index in [1.165, 1.54) is 0 Å². The van der Waals surface area contributed by atoms with Crippen LogP contribution in [0.15, 0.2) is 48.5 Å². The van der Waals surface area contributed by atoms with E-state index >= 15 is 0 Å². The first-order valence-corrected chi connectivity index (χ1v) is 11.4. The maximum Gasteiger partial charge on any atom is 0.240 e. The van der Waals surface area contributed by atoms with Gasteiger partial charge in [0.05, 0.1) is 11.9 Å². The summed E-state index contributed by atoms with van der Waals surface area (Å²) in [6.45, 7) is 0.799. The van der Waals surface area contributed by atoms with E-state index in [0.717, 1.165) is 24.0 Å². The van der Waals surface area contributed by atoms with Crippen molar-refractivity contribution in [3.63, 3.8) is 0 Å². The fourth-order valence-corrected chi connectivity index (χ4v) is 4.50. The molecule has 1 N–H and O–H groups in total. The van der Waals surface area contributed by atoms with Gasteiger partial charge in [0, 0.05) is 31.2 Å². The molecule has 6 nitrogen and oxygen atoms in total. The number of nitrogens with one attached hydrogen (secondary N) is 1. The minimum absolute atomic E-state index is 0.294. The monoisotopic (exact) mass is 438 g/mol. The lowest BCUT2D eigenvalue weighted by molar-refractivity contribution is -0.120. The molecule has 0 saturated carbocycles. The molecule has 0 atom stereocenters. The Morgan fingerprint density at radius 2 is 1.80 bits per heavy atom. The molecule has 3 rings (SSSR count). The van der Waals surface area contributed by atoms with Gasteiger partial charge in [-0.1, -0.05) is 30.3 Å². The second-order valence-electron chi connectivity index (χ2n) is 7.40. The molecule has 0 unspecified atom stereocenters. The molecule has 1 aliphatic heterocycles. The number of hydrogen-bond acceptors (Lipinski definition) is 4. The van der Waals surface area contributed by atoms with Gasteiger partial charge in [-0.05, 0) is 30.5 Å². The smallest absolute Gasteiger partial charge is 0.240 e. The number of rotatable bonds is 7. The maximum atomic E-state index is 14.1. The summed E-state index contributed by atoms with van der Waals surface area (Å²) in [6, 6.07) is 12.3. The van der Waals surface area contributed by atoms with Crippen molar-refractivity contribution < 1.29 is 26.7 Å². The molecule has 0 bridgehead atoms. The molecule has 0 spiro atoms. The predicted molar refractivity (Wildman–Crippen MR) is 110 cm³/mol. The summed E-state index contributed by atoms with van der Waals surface area (Å²) in [7, 11) is -3.97. The van der Waals surface area contributed by atoms with Crippen molar-refractivity contribution in [2.75, 3.05) is 36.9 Å². The largest absolute Gasteiger partial charge is 0.381 e. The van der Waals surface area contributed by atoms with E-state index in [4.69, 9.17) is 4.74 Å². The third-order valence-electron chi connectivity index (χ3n) is 5.33. The van der Waals surface area contributed by atoms with Crippen molar-refractivity contribution in [3.8, 4) is 0 Å². The van der Waals surface area contributed by atoms with Gasteiger partial charge in [-0.25, -0.2) is 17.2 Å². The highest BCUT2D eigenvalue weighted by atomic mass is 32.2. The first-order valence-electron chi connectivity index (χ1n) is 9.54. The minimum atomic E-state index is -3.97. The van der Waals surface area contributed by atoms with Crippen LogP contribution in [0.5, 0.6) is 0 Å². The van der Waals surface area contributed by atoms with Crippen LogP contribution in [0.25, 0.3) is 0 Å². The average Bonchev–Trinajstić information content (AvgIpc) is 2.72. The number of ether oxygens (including phenoxy) is 1. The van der Waals surface area contributed by atoms with Gasteiger partial charge in [0.2, 0.25) is 15.9 Å². The molecule has 162 valence electrons. The molecular formula is C21H24F2N2O4S. The number of sulfonamides is 1. The number of amides is 1. The van der Waals surface area contributed by atoms with Crippen molar-refractivity contribution in [1.29, 1.82) is 0 Å². The van der Waals surface area contributed by atoms with Gasteiger partial charge in [-0.2, -0.15) is 0 Å². The summed E-state index contributed by atoms with van der Waals surface area (Å²) in [4.78, 5) is 12.6. The quantitative estimate of drug-likeness (QED) is 0.721. The Kier molecular flexibility index (Phi) is 6.72. The summed E-state index contributed by atoms with van der Waals surface area (Å²) in [5.41, 5.74) is 0.364. The number of anilines is 1. The molecule has 0 aromatic heterocycles. The van der Waals surface area contributed by atoms with E-state index in [2.05, 4.69) is 5.32 Å². The summed E-state index contributed by atoms with van der Waals surface area (Å²) in [5.74, 6) is -2.47. The molecule has 1 amide bonds. The summed E-state index contributed by atoms with van der Waals surface area (Å²) >= 11 is 0. The summed E-state index contributed by atoms with van der Waals surface area (Å²) in [6.07, 6.45) is 2.28. The SMILES string of the molecule is CS(=O)(=O)N(CC(=O)NCC1(c2ccccc2)CCOCC1)c1ccc(F)cc1F. The van der Waals surface area contributed by atoms with Crippen molar-refractivity contribution in [2.24, 2.45) is 0 Å². The van der Waals surface area contributed by atoms with E-state index in [-0.39, 0.29) is 11.1 Å². The van der Waals surface area contributed by atoms with Crippen LogP contribution in [0.4, 0.5) is 14.5 Å². The topological polar surface area (TPSA) is 75.7 Å². The second-order valence-corrected chi connectivity index (χ2v) is 9.31.